The fourth-order valence-corrected chi connectivity index (χ4v) is 1.68. The molecule has 0 spiro atoms. The Morgan fingerprint density at radius 1 is 1.36 bits per heavy atom. The molecule has 1 atom stereocenters. The Kier molecular flexibility index (Phi) is 3.23. The van der Waals surface area contributed by atoms with Crippen LogP contribution < -0.4 is 5.73 Å². The zero-order valence-electron chi connectivity index (χ0n) is 9.26. The highest BCUT2D eigenvalue weighted by atomic mass is 35.5. The van der Waals surface area contributed by atoms with Crippen molar-refractivity contribution < 1.29 is 0 Å². The predicted molar refractivity (Wildman–Crippen MR) is 62.6 cm³/mol. The van der Waals surface area contributed by atoms with Gasteiger partial charge in [0.15, 0.2) is 0 Å². The van der Waals surface area contributed by atoms with Crippen molar-refractivity contribution in [1.29, 1.82) is 0 Å². The van der Waals surface area contributed by atoms with Crippen LogP contribution in [0.3, 0.4) is 0 Å². The van der Waals surface area contributed by atoms with Crippen LogP contribution in [0.25, 0.3) is 0 Å². The first-order valence-corrected chi connectivity index (χ1v) is 5.29. The van der Waals surface area contributed by atoms with Crippen molar-refractivity contribution >= 4 is 11.6 Å². The molecule has 0 bridgehead atoms. The van der Waals surface area contributed by atoms with E-state index in [1.165, 1.54) is 5.56 Å². The first kappa shape index (κ1) is 11.5. The molecule has 0 aliphatic carbocycles. The lowest BCUT2D eigenvalue weighted by molar-refractivity contribution is 0.350. The molecular formula is C12H18ClN. The number of hydrogen-bond acceptors (Lipinski definition) is 1. The van der Waals surface area contributed by atoms with Gasteiger partial charge < -0.3 is 5.73 Å². The second-order valence-electron chi connectivity index (χ2n) is 4.42. The second kappa shape index (κ2) is 3.92. The van der Waals surface area contributed by atoms with Crippen LogP contribution in [0.2, 0.25) is 5.02 Å². The lowest BCUT2D eigenvalue weighted by Crippen LogP contribution is -2.38. The van der Waals surface area contributed by atoms with Gasteiger partial charge in [0.25, 0.3) is 0 Å². The van der Waals surface area contributed by atoms with Gasteiger partial charge >= 0.3 is 0 Å². The van der Waals surface area contributed by atoms with E-state index in [1.54, 1.807) is 0 Å². The first-order valence-electron chi connectivity index (χ1n) is 4.91. The van der Waals surface area contributed by atoms with Crippen molar-refractivity contribution in [3.8, 4) is 0 Å². The van der Waals surface area contributed by atoms with E-state index in [1.807, 2.05) is 19.1 Å². The number of rotatable bonds is 2. The van der Waals surface area contributed by atoms with Crippen molar-refractivity contribution in [2.24, 2.45) is 11.7 Å². The fourth-order valence-electron chi connectivity index (χ4n) is 1.36. The monoisotopic (exact) mass is 211 g/mol. The average Bonchev–Trinajstić information content (AvgIpc) is 2.08. The van der Waals surface area contributed by atoms with Gasteiger partial charge in [-0.05, 0) is 31.4 Å². The number of nitrogens with two attached hydrogens (primary N) is 1. The van der Waals surface area contributed by atoms with Crippen LogP contribution in [-0.2, 0) is 5.54 Å². The van der Waals surface area contributed by atoms with Crippen LogP contribution in [0.5, 0.6) is 0 Å². The molecular weight excluding hydrogens is 194 g/mol. The molecule has 1 rings (SSSR count). The van der Waals surface area contributed by atoms with Crippen LogP contribution >= 0.6 is 11.6 Å². The summed E-state index contributed by atoms with van der Waals surface area (Å²) in [5, 5.41) is 0.759. The largest absolute Gasteiger partial charge is 0.321 e. The van der Waals surface area contributed by atoms with Crippen molar-refractivity contribution in [1.82, 2.24) is 0 Å². The molecule has 0 aromatic heterocycles. The summed E-state index contributed by atoms with van der Waals surface area (Å²) < 4.78 is 0. The average molecular weight is 212 g/mol. The molecule has 0 saturated heterocycles. The smallest absolute Gasteiger partial charge is 0.0456 e. The van der Waals surface area contributed by atoms with Gasteiger partial charge in [-0.3, -0.25) is 0 Å². The van der Waals surface area contributed by atoms with Gasteiger partial charge in [0.05, 0.1) is 0 Å². The Bertz CT molecular complexity index is 329. The molecule has 1 aromatic carbocycles. The summed E-state index contributed by atoms with van der Waals surface area (Å²) in [4.78, 5) is 0. The van der Waals surface area contributed by atoms with E-state index in [-0.39, 0.29) is 5.54 Å². The third-order valence-corrected chi connectivity index (χ3v) is 3.23. The third kappa shape index (κ3) is 2.10. The van der Waals surface area contributed by atoms with Crippen molar-refractivity contribution in [3.05, 3.63) is 34.3 Å². The maximum Gasteiger partial charge on any atom is 0.0456 e. The van der Waals surface area contributed by atoms with Crippen LogP contribution in [0.4, 0.5) is 0 Å². The second-order valence-corrected chi connectivity index (χ2v) is 4.83. The Morgan fingerprint density at radius 3 is 2.43 bits per heavy atom. The zero-order valence-corrected chi connectivity index (χ0v) is 10.0. The minimum Gasteiger partial charge on any atom is -0.321 e. The summed E-state index contributed by atoms with van der Waals surface area (Å²) in [6, 6.07) is 5.99. The maximum absolute atomic E-state index is 6.27. The summed E-state index contributed by atoms with van der Waals surface area (Å²) in [5.41, 5.74) is 8.14. The van der Waals surface area contributed by atoms with Crippen LogP contribution in [-0.4, -0.2) is 0 Å². The lowest BCUT2D eigenvalue weighted by Gasteiger charge is -2.30. The number of hydrogen-bond donors (Lipinski definition) is 1. The van der Waals surface area contributed by atoms with Crippen molar-refractivity contribution in [2.75, 3.05) is 0 Å². The van der Waals surface area contributed by atoms with E-state index in [9.17, 15) is 0 Å². The van der Waals surface area contributed by atoms with E-state index in [0.29, 0.717) is 5.92 Å². The molecule has 0 radical (unpaired) electrons. The Morgan fingerprint density at radius 2 is 1.93 bits per heavy atom. The molecule has 0 amide bonds. The fraction of sp³-hybridized carbons (Fsp3) is 0.500. The normalized spacial score (nSPS) is 15.6. The summed E-state index contributed by atoms with van der Waals surface area (Å²) >= 11 is 6.14. The number of benzene rings is 1. The summed E-state index contributed by atoms with van der Waals surface area (Å²) in [5.74, 6) is 0.363. The minimum absolute atomic E-state index is 0.358. The Balaban J connectivity index is 3.24. The summed E-state index contributed by atoms with van der Waals surface area (Å²) in [6.07, 6.45) is 0. The molecule has 1 aromatic rings. The van der Waals surface area contributed by atoms with Gasteiger partial charge in [-0.25, -0.2) is 0 Å². The molecule has 2 N–H and O–H groups in total. The minimum atomic E-state index is -0.358. The van der Waals surface area contributed by atoms with Crippen molar-refractivity contribution in [2.45, 2.75) is 33.2 Å². The van der Waals surface area contributed by atoms with Crippen LogP contribution in [0, 0.1) is 12.8 Å². The van der Waals surface area contributed by atoms with E-state index in [4.69, 9.17) is 17.3 Å². The molecule has 0 fully saturated rings. The molecule has 0 saturated carbocycles. The van der Waals surface area contributed by atoms with Gasteiger partial charge in [-0.1, -0.05) is 43.1 Å². The van der Waals surface area contributed by atoms with Gasteiger partial charge in [0, 0.05) is 10.6 Å². The molecule has 2 heteroatoms. The third-order valence-electron chi connectivity index (χ3n) is 2.90. The van der Waals surface area contributed by atoms with E-state index in [2.05, 4.69) is 26.8 Å². The molecule has 0 aliphatic rings. The van der Waals surface area contributed by atoms with Gasteiger partial charge in [0.2, 0.25) is 0 Å². The topological polar surface area (TPSA) is 26.0 Å². The van der Waals surface area contributed by atoms with E-state index < -0.39 is 0 Å². The predicted octanol–water partition coefficient (Wildman–Crippen LogP) is 3.48. The molecule has 0 aliphatic heterocycles. The van der Waals surface area contributed by atoms with E-state index in [0.717, 1.165) is 10.6 Å². The molecule has 14 heavy (non-hydrogen) atoms. The number of aryl methyl sites for hydroxylation is 1. The van der Waals surface area contributed by atoms with Gasteiger partial charge in [-0.2, -0.15) is 0 Å². The maximum atomic E-state index is 6.27. The Hall–Kier alpha value is -0.530. The standard InChI is InChI=1S/C12H18ClN/c1-8(2)12(4,14)10-7-9(3)5-6-11(10)13/h5-8H,14H2,1-4H3. The highest BCUT2D eigenvalue weighted by Crippen LogP contribution is 2.32. The summed E-state index contributed by atoms with van der Waals surface area (Å²) in [6.45, 7) is 8.30. The first-order chi connectivity index (χ1) is 6.35. The quantitative estimate of drug-likeness (QED) is 0.797. The van der Waals surface area contributed by atoms with E-state index >= 15 is 0 Å². The molecule has 1 nitrogen and oxygen atoms in total. The SMILES string of the molecule is Cc1ccc(Cl)c(C(C)(N)C(C)C)c1. The number of halogens is 1. The van der Waals surface area contributed by atoms with Gasteiger partial charge in [-0.15, -0.1) is 0 Å². The summed E-state index contributed by atoms with van der Waals surface area (Å²) in [7, 11) is 0. The highest BCUT2D eigenvalue weighted by Gasteiger charge is 2.27. The van der Waals surface area contributed by atoms with Crippen molar-refractivity contribution in [3.63, 3.8) is 0 Å². The molecule has 78 valence electrons. The molecule has 0 heterocycles. The Labute approximate surface area is 91.3 Å². The zero-order chi connectivity index (χ0) is 10.9. The van der Waals surface area contributed by atoms with Crippen LogP contribution in [0.1, 0.15) is 31.9 Å². The van der Waals surface area contributed by atoms with Gasteiger partial charge in [0.1, 0.15) is 0 Å². The lowest BCUT2D eigenvalue weighted by atomic mass is 9.82. The molecule has 1 unspecified atom stereocenters. The highest BCUT2D eigenvalue weighted by molar-refractivity contribution is 6.31. The van der Waals surface area contributed by atoms with Crippen LogP contribution in [0.15, 0.2) is 18.2 Å².